The molecule has 90 valence electrons. The minimum atomic E-state index is -0.231. The van der Waals surface area contributed by atoms with Gasteiger partial charge in [-0.05, 0) is 6.07 Å². The standard InChI is InChI=1S/C14H12N2O2/c1-10(17)16-13-9-15-8-7-12(13)14(18)11-5-3-2-4-6-11/h2-9H,1H3,(H,16,17). The molecule has 0 fully saturated rings. The van der Waals surface area contributed by atoms with Crippen LogP contribution in [-0.4, -0.2) is 16.7 Å². The van der Waals surface area contributed by atoms with Crippen LogP contribution in [0.2, 0.25) is 0 Å². The number of pyridine rings is 1. The lowest BCUT2D eigenvalue weighted by molar-refractivity contribution is -0.114. The molecule has 18 heavy (non-hydrogen) atoms. The molecule has 1 heterocycles. The molecular formula is C14H12N2O2. The average molecular weight is 240 g/mol. The van der Waals surface area contributed by atoms with Crippen LogP contribution in [0.3, 0.4) is 0 Å². The van der Waals surface area contributed by atoms with Crippen LogP contribution in [-0.2, 0) is 4.79 Å². The molecule has 0 radical (unpaired) electrons. The van der Waals surface area contributed by atoms with Crippen molar-refractivity contribution in [2.24, 2.45) is 0 Å². The van der Waals surface area contributed by atoms with Gasteiger partial charge in [-0.3, -0.25) is 14.6 Å². The lowest BCUT2D eigenvalue weighted by Crippen LogP contribution is -2.12. The van der Waals surface area contributed by atoms with E-state index in [0.717, 1.165) is 0 Å². The Morgan fingerprint density at radius 3 is 2.50 bits per heavy atom. The number of hydrogen-bond acceptors (Lipinski definition) is 3. The van der Waals surface area contributed by atoms with Crippen LogP contribution < -0.4 is 5.32 Å². The predicted octanol–water partition coefficient (Wildman–Crippen LogP) is 2.27. The Balaban J connectivity index is 2.39. The average Bonchev–Trinajstić information content (AvgIpc) is 2.39. The largest absolute Gasteiger partial charge is 0.324 e. The number of nitrogens with zero attached hydrogens (tertiary/aromatic N) is 1. The smallest absolute Gasteiger partial charge is 0.221 e. The summed E-state index contributed by atoms with van der Waals surface area (Å²) < 4.78 is 0. The molecule has 0 atom stereocenters. The van der Waals surface area contributed by atoms with Gasteiger partial charge in [0.1, 0.15) is 0 Å². The van der Waals surface area contributed by atoms with Crippen LogP contribution >= 0.6 is 0 Å². The number of hydrogen-bond donors (Lipinski definition) is 1. The van der Waals surface area contributed by atoms with E-state index in [9.17, 15) is 9.59 Å². The Labute approximate surface area is 105 Å². The summed E-state index contributed by atoms with van der Waals surface area (Å²) in [6.07, 6.45) is 3.00. The minimum absolute atomic E-state index is 0.137. The van der Waals surface area contributed by atoms with Crippen molar-refractivity contribution in [3.05, 3.63) is 59.9 Å². The zero-order chi connectivity index (χ0) is 13.0. The molecule has 0 saturated heterocycles. The van der Waals surface area contributed by atoms with Crippen molar-refractivity contribution in [1.29, 1.82) is 0 Å². The first kappa shape index (κ1) is 12.0. The second-order valence-electron chi connectivity index (χ2n) is 3.80. The molecule has 4 nitrogen and oxygen atoms in total. The van der Waals surface area contributed by atoms with Crippen LogP contribution in [0.5, 0.6) is 0 Å². The van der Waals surface area contributed by atoms with E-state index in [4.69, 9.17) is 0 Å². The predicted molar refractivity (Wildman–Crippen MR) is 68.4 cm³/mol. The molecule has 2 aromatic rings. The quantitative estimate of drug-likeness (QED) is 0.837. The molecule has 0 saturated carbocycles. The first-order valence-electron chi connectivity index (χ1n) is 5.50. The van der Waals surface area contributed by atoms with E-state index < -0.39 is 0 Å². The summed E-state index contributed by atoms with van der Waals surface area (Å²) in [4.78, 5) is 27.3. The Kier molecular flexibility index (Phi) is 3.48. The maximum absolute atomic E-state index is 12.3. The highest BCUT2D eigenvalue weighted by Gasteiger charge is 2.13. The molecule has 1 amide bonds. The summed E-state index contributed by atoms with van der Waals surface area (Å²) >= 11 is 0. The number of nitrogens with one attached hydrogen (secondary N) is 1. The Bertz CT molecular complexity index is 579. The molecule has 0 aliphatic heterocycles. The van der Waals surface area contributed by atoms with Crippen LogP contribution in [0.15, 0.2) is 48.8 Å². The first-order valence-corrected chi connectivity index (χ1v) is 5.50. The molecule has 0 aliphatic rings. The van der Waals surface area contributed by atoms with Crippen molar-refractivity contribution in [2.75, 3.05) is 5.32 Å². The van der Waals surface area contributed by atoms with Gasteiger partial charge in [0.2, 0.25) is 5.91 Å². The fourth-order valence-corrected chi connectivity index (χ4v) is 1.63. The van der Waals surface area contributed by atoms with Crippen molar-refractivity contribution < 1.29 is 9.59 Å². The van der Waals surface area contributed by atoms with Crippen LogP contribution in [0, 0.1) is 0 Å². The van der Waals surface area contributed by atoms with Gasteiger partial charge in [0.25, 0.3) is 0 Å². The number of anilines is 1. The molecule has 0 unspecified atom stereocenters. The summed E-state index contributed by atoms with van der Waals surface area (Å²) in [6.45, 7) is 1.39. The molecule has 0 spiro atoms. The number of carbonyl (C=O) groups excluding carboxylic acids is 2. The molecular weight excluding hydrogens is 228 g/mol. The third-order valence-corrected chi connectivity index (χ3v) is 2.41. The van der Waals surface area contributed by atoms with Gasteiger partial charge in [0, 0.05) is 24.2 Å². The highest BCUT2D eigenvalue weighted by atomic mass is 16.1. The molecule has 1 N–H and O–H groups in total. The topological polar surface area (TPSA) is 59.1 Å². The van der Waals surface area contributed by atoms with Gasteiger partial charge in [-0.2, -0.15) is 0 Å². The van der Waals surface area contributed by atoms with E-state index in [1.807, 2.05) is 6.07 Å². The van der Waals surface area contributed by atoms with Crippen molar-refractivity contribution in [3.63, 3.8) is 0 Å². The summed E-state index contributed by atoms with van der Waals surface area (Å²) in [5, 5.41) is 2.60. The van der Waals surface area contributed by atoms with E-state index in [2.05, 4.69) is 10.3 Å². The molecule has 4 heteroatoms. The van der Waals surface area contributed by atoms with Crippen LogP contribution in [0.4, 0.5) is 5.69 Å². The lowest BCUT2D eigenvalue weighted by Gasteiger charge is -2.08. The van der Waals surface area contributed by atoms with Crippen molar-refractivity contribution >= 4 is 17.4 Å². The van der Waals surface area contributed by atoms with Crippen molar-refractivity contribution in [1.82, 2.24) is 4.98 Å². The van der Waals surface area contributed by atoms with E-state index in [-0.39, 0.29) is 11.7 Å². The number of ketones is 1. The Hall–Kier alpha value is -2.49. The number of aromatic nitrogens is 1. The number of amides is 1. The summed E-state index contributed by atoms with van der Waals surface area (Å²) in [7, 11) is 0. The normalized spacial score (nSPS) is 9.83. The monoisotopic (exact) mass is 240 g/mol. The maximum atomic E-state index is 12.3. The Morgan fingerprint density at radius 2 is 1.83 bits per heavy atom. The SMILES string of the molecule is CC(=O)Nc1cnccc1C(=O)c1ccccc1. The second-order valence-corrected chi connectivity index (χ2v) is 3.80. The van der Waals surface area contributed by atoms with Gasteiger partial charge in [-0.1, -0.05) is 30.3 Å². The van der Waals surface area contributed by atoms with Gasteiger partial charge in [0.15, 0.2) is 5.78 Å². The number of benzene rings is 1. The number of rotatable bonds is 3. The zero-order valence-corrected chi connectivity index (χ0v) is 9.88. The molecule has 1 aromatic heterocycles. The summed E-state index contributed by atoms with van der Waals surface area (Å²) in [6, 6.07) is 10.5. The third kappa shape index (κ3) is 2.60. The second kappa shape index (κ2) is 5.23. The van der Waals surface area contributed by atoms with Crippen LogP contribution in [0.1, 0.15) is 22.8 Å². The van der Waals surface area contributed by atoms with Gasteiger partial charge in [-0.25, -0.2) is 0 Å². The molecule has 0 aliphatic carbocycles. The van der Waals surface area contributed by atoms with Gasteiger partial charge in [-0.15, -0.1) is 0 Å². The van der Waals surface area contributed by atoms with E-state index in [1.54, 1.807) is 30.3 Å². The van der Waals surface area contributed by atoms with E-state index in [1.165, 1.54) is 19.3 Å². The van der Waals surface area contributed by atoms with Crippen LogP contribution in [0.25, 0.3) is 0 Å². The molecule has 0 bridgehead atoms. The van der Waals surface area contributed by atoms with E-state index >= 15 is 0 Å². The Morgan fingerprint density at radius 1 is 1.11 bits per heavy atom. The van der Waals surface area contributed by atoms with Gasteiger partial charge < -0.3 is 5.32 Å². The fourth-order valence-electron chi connectivity index (χ4n) is 1.63. The van der Waals surface area contributed by atoms with Gasteiger partial charge >= 0.3 is 0 Å². The molecule has 1 aromatic carbocycles. The highest BCUT2D eigenvalue weighted by molar-refractivity contribution is 6.13. The highest BCUT2D eigenvalue weighted by Crippen LogP contribution is 2.17. The van der Waals surface area contributed by atoms with Crippen molar-refractivity contribution in [2.45, 2.75) is 6.92 Å². The molecule has 2 rings (SSSR count). The minimum Gasteiger partial charge on any atom is -0.324 e. The zero-order valence-electron chi connectivity index (χ0n) is 9.88. The fraction of sp³-hybridized carbons (Fsp3) is 0.0714. The lowest BCUT2D eigenvalue weighted by atomic mass is 10.0. The summed E-state index contributed by atoms with van der Waals surface area (Å²) in [5.74, 6) is -0.369. The van der Waals surface area contributed by atoms with Gasteiger partial charge in [0.05, 0.1) is 11.9 Å². The number of carbonyl (C=O) groups is 2. The first-order chi connectivity index (χ1) is 8.68. The summed E-state index contributed by atoms with van der Waals surface area (Å²) in [5.41, 5.74) is 1.44. The van der Waals surface area contributed by atoms with E-state index in [0.29, 0.717) is 16.8 Å². The third-order valence-electron chi connectivity index (χ3n) is 2.41. The maximum Gasteiger partial charge on any atom is 0.221 e. The van der Waals surface area contributed by atoms with Crippen molar-refractivity contribution in [3.8, 4) is 0 Å².